The lowest BCUT2D eigenvalue weighted by Gasteiger charge is -2.27. The number of para-hydroxylation sites is 2. The zero-order valence-electron chi connectivity index (χ0n) is 17.1. The van der Waals surface area contributed by atoms with Crippen LogP contribution < -0.4 is 9.47 Å². The Labute approximate surface area is 174 Å². The number of fused-ring (bicyclic) bond motifs is 1. The average Bonchev–Trinajstić information content (AvgIpc) is 3.29. The molecule has 8 nitrogen and oxygen atoms in total. The first-order valence-corrected chi connectivity index (χ1v) is 9.53. The summed E-state index contributed by atoms with van der Waals surface area (Å²) in [4.78, 5) is 9.59. The molecule has 0 bridgehead atoms. The summed E-state index contributed by atoms with van der Waals surface area (Å²) in [6, 6.07) is 12.5. The van der Waals surface area contributed by atoms with E-state index >= 15 is 0 Å². The van der Waals surface area contributed by atoms with Crippen LogP contribution in [0.2, 0.25) is 0 Å². The number of aromatic amines is 1. The van der Waals surface area contributed by atoms with Crippen molar-refractivity contribution in [2.75, 3.05) is 34.5 Å². The number of H-pyrrole nitrogens is 1. The summed E-state index contributed by atoms with van der Waals surface area (Å²) in [6.45, 7) is 0.827. The number of methoxy groups -OCH3 is 3. The SMILES string of the molecule is COCCN1C(=N)C(c2nc3ccccc3[nH]2)=C(O)C1c1cc(OC)cc(OC)c1. The lowest BCUT2D eigenvalue weighted by atomic mass is 10.0. The van der Waals surface area contributed by atoms with Gasteiger partial charge in [0, 0.05) is 19.7 Å². The summed E-state index contributed by atoms with van der Waals surface area (Å²) in [7, 11) is 4.76. The van der Waals surface area contributed by atoms with Crippen LogP contribution in [0.15, 0.2) is 48.2 Å². The van der Waals surface area contributed by atoms with Gasteiger partial charge < -0.3 is 29.2 Å². The minimum absolute atomic E-state index is 0.0467. The molecule has 0 amide bonds. The number of aliphatic hydroxyl groups excluding tert-OH is 1. The number of aliphatic hydroxyl groups is 1. The van der Waals surface area contributed by atoms with Crippen LogP contribution in [0.5, 0.6) is 11.5 Å². The van der Waals surface area contributed by atoms with E-state index in [2.05, 4.69) is 9.97 Å². The number of nitrogens with one attached hydrogen (secondary N) is 2. The fourth-order valence-electron chi connectivity index (χ4n) is 3.74. The van der Waals surface area contributed by atoms with Gasteiger partial charge in [0.2, 0.25) is 0 Å². The first-order valence-electron chi connectivity index (χ1n) is 9.53. The number of hydrogen-bond acceptors (Lipinski definition) is 6. The highest BCUT2D eigenvalue weighted by molar-refractivity contribution is 6.23. The summed E-state index contributed by atoms with van der Waals surface area (Å²) < 4.78 is 16.0. The molecule has 30 heavy (non-hydrogen) atoms. The Kier molecular flexibility index (Phi) is 5.33. The van der Waals surface area contributed by atoms with E-state index in [-0.39, 0.29) is 11.6 Å². The van der Waals surface area contributed by atoms with Gasteiger partial charge in [0.25, 0.3) is 0 Å². The first kappa shape index (κ1) is 19.8. The lowest BCUT2D eigenvalue weighted by molar-refractivity contribution is 0.161. The fraction of sp³-hybridized carbons (Fsp3) is 0.273. The van der Waals surface area contributed by atoms with E-state index < -0.39 is 6.04 Å². The maximum Gasteiger partial charge on any atom is 0.145 e. The second kappa shape index (κ2) is 8.08. The van der Waals surface area contributed by atoms with Gasteiger partial charge in [-0.3, -0.25) is 5.41 Å². The van der Waals surface area contributed by atoms with Crippen LogP contribution in [0.4, 0.5) is 0 Å². The molecular weight excluding hydrogens is 384 g/mol. The van der Waals surface area contributed by atoms with Gasteiger partial charge in [-0.05, 0) is 29.8 Å². The molecule has 0 radical (unpaired) electrons. The Bertz CT molecular complexity index is 1070. The number of aromatic nitrogens is 2. The Balaban J connectivity index is 1.84. The molecule has 0 fully saturated rings. The average molecular weight is 408 g/mol. The Hall–Kier alpha value is -3.52. The van der Waals surface area contributed by atoms with Crippen molar-refractivity contribution in [3.63, 3.8) is 0 Å². The molecule has 2 aromatic carbocycles. The third-order valence-corrected chi connectivity index (χ3v) is 5.20. The van der Waals surface area contributed by atoms with Gasteiger partial charge in [0.15, 0.2) is 0 Å². The minimum atomic E-state index is -0.583. The molecule has 4 rings (SSSR count). The number of ether oxygens (including phenoxy) is 3. The Morgan fingerprint density at radius 2 is 1.80 bits per heavy atom. The predicted molar refractivity (Wildman–Crippen MR) is 114 cm³/mol. The Morgan fingerprint density at radius 3 is 2.43 bits per heavy atom. The first-order chi connectivity index (χ1) is 14.6. The van der Waals surface area contributed by atoms with Gasteiger partial charge in [-0.25, -0.2) is 4.98 Å². The number of amidine groups is 1. The van der Waals surface area contributed by atoms with Crippen LogP contribution in [0.3, 0.4) is 0 Å². The molecule has 1 aliphatic heterocycles. The second-order valence-electron chi connectivity index (χ2n) is 6.95. The summed E-state index contributed by atoms with van der Waals surface area (Å²) in [5.41, 5.74) is 2.73. The lowest BCUT2D eigenvalue weighted by Crippen LogP contribution is -2.33. The fourth-order valence-corrected chi connectivity index (χ4v) is 3.74. The molecule has 1 aliphatic rings. The van der Waals surface area contributed by atoms with E-state index in [0.717, 1.165) is 16.6 Å². The topological polar surface area (TPSA) is 104 Å². The monoisotopic (exact) mass is 408 g/mol. The van der Waals surface area contributed by atoms with E-state index in [1.165, 1.54) is 0 Å². The van der Waals surface area contributed by atoms with Gasteiger partial charge in [0.05, 0.1) is 37.4 Å². The van der Waals surface area contributed by atoms with Gasteiger partial charge in [0.1, 0.15) is 35.0 Å². The maximum absolute atomic E-state index is 11.3. The standard InChI is InChI=1S/C22H24N4O4/c1-28-9-8-26-19(13-10-14(29-2)12-15(11-13)30-3)20(27)18(21(26)23)22-24-16-6-4-5-7-17(16)25-22/h4-7,10-12,19,23,27H,8-9H2,1-3H3,(H,24,25). The highest BCUT2D eigenvalue weighted by atomic mass is 16.5. The summed E-state index contributed by atoms with van der Waals surface area (Å²) >= 11 is 0. The van der Waals surface area contributed by atoms with Crippen LogP contribution in [-0.4, -0.2) is 60.3 Å². The molecule has 0 saturated carbocycles. The van der Waals surface area contributed by atoms with E-state index in [1.54, 1.807) is 32.3 Å². The van der Waals surface area contributed by atoms with Gasteiger partial charge in [-0.1, -0.05) is 12.1 Å². The zero-order valence-corrected chi connectivity index (χ0v) is 17.1. The third kappa shape index (κ3) is 3.35. The largest absolute Gasteiger partial charge is 0.509 e. The van der Waals surface area contributed by atoms with Crippen LogP contribution in [0, 0.1) is 5.41 Å². The number of rotatable bonds is 7. The van der Waals surface area contributed by atoms with Crippen molar-refractivity contribution in [3.05, 3.63) is 59.6 Å². The van der Waals surface area contributed by atoms with Crippen molar-refractivity contribution >= 4 is 22.4 Å². The molecule has 1 atom stereocenters. The molecule has 3 N–H and O–H groups in total. The van der Waals surface area contributed by atoms with Crippen LogP contribution in [-0.2, 0) is 4.74 Å². The van der Waals surface area contributed by atoms with Gasteiger partial charge >= 0.3 is 0 Å². The molecule has 8 heteroatoms. The quantitative estimate of drug-likeness (QED) is 0.553. The van der Waals surface area contributed by atoms with E-state index in [9.17, 15) is 5.11 Å². The molecule has 156 valence electrons. The van der Waals surface area contributed by atoms with Crippen molar-refractivity contribution < 1.29 is 19.3 Å². The molecular formula is C22H24N4O4. The number of imidazole rings is 1. The molecule has 1 aromatic heterocycles. The van der Waals surface area contributed by atoms with E-state index in [4.69, 9.17) is 19.6 Å². The summed E-state index contributed by atoms with van der Waals surface area (Å²) in [5, 5.41) is 20.1. The van der Waals surface area contributed by atoms with Crippen molar-refractivity contribution in [1.29, 1.82) is 5.41 Å². The van der Waals surface area contributed by atoms with Crippen molar-refractivity contribution in [3.8, 4) is 11.5 Å². The number of hydrogen-bond donors (Lipinski definition) is 3. The van der Waals surface area contributed by atoms with Gasteiger partial charge in [-0.2, -0.15) is 0 Å². The van der Waals surface area contributed by atoms with E-state index in [1.807, 2.05) is 36.4 Å². The normalized spacial score (nSPS) is 16.6. The van der Waals surface area contributed by atoms with E-state index in [0.29, 0.717) is 36.0 Å². The zero-order chi connectivity index (χ0) is 21.3. The summed E-state index contributed by atoms with van der Waals surface area (Å²) in [5.74, 6) is 1.89. The smallest absolute Gasteiger partial charge is 0.145 e. The Morgan fingerprint density at radius 1 is 1.10 bits per heavy atom. The highest BCUT2D eigenvalue weighted by Gasteiger charge is 2.40. The number of benzene rings is 2. The number of nitrogens with zero attached hydrogens (tertiary/aromatic N) is 2. The van der Waals surface area contributed by atoms with Crippen molar-refractivity contribution in [1.82, 2.24) is 14.9 Å². The molecule has 3 aromatic rings. The molecule has 0 spiro atoms. The minimum Gasteiger partial charge on any atom is -0.509 e. The second-order valence-corrected chi connectivity index (χ2v) is 6.95. The van der Waals surface area contributed by atoms with Crippen LogP contribution >= 0.6 is 0 Å². The summed E-state index contributed by atoms with van der Waals surface area (Å²) in [6.07, 6.45) is 0. The van der Waals surface area contributed by atoms with Crippen LogP contribution in [0.25, 0.3) is 16.6 Å². The van der Waals surface area contributed by atoms with Gasteiger partial charge in [-0.15, -0.1) is 0 Å². The van der Waals surface area contributed by atoms with Crippen molar-refractivity contribution in [2.45, 2.75) is 6.04 Å². The maximum atomic E-state index is 11.3. The van der Waals surface area contributed by atoms with Crippen LogP contribution in [0.1, 0.15) is 17.4 Å². The third-order valence-electron chi connectivity index (χ3n) is 5.20. The molecule has 2 heterocycles. The molecule has 0 aliphatic carbocycles. The predicted octanol–water partition coefficient (Wildman–Crippen LogP) is 3.53. The van der Waals surface area contributed by atoms with Crippen molar-refractivity contribution in [2.24, 2.45) is 0 Å². The molecule has 1 unspecified atom stereocenters. The highest BCUT2D eigenvalue weighted by Crippen LogP contribution is 2.42. The molecule has 0 saturated heterocycles.